The van der Waals surface area contributed by atoms with Crippen molar-refractivity contribution >= 4 is 68.8 Å². The number of hydrogen-bond acceptors (Lipinski definition) is 5. The highest BCUT2D eigenvalue weighted by atomic mass is 28.3. The van der Waals surface area contributed by atoms with E-state index in [0.717, 1.165) is 67.8 Å². The number of rotatable bonds is 10. The van der Waals surface area contributed by atoms with E-state index in [1.807, 2.05) is 42.6 Å². The zero-order valence-electron chi connectivity index (χ0n) is 57.8. The van der Waals surface area contributed by atoms with E-state index in [2.05, 4.69) is 280 Å². The Bertz CT molecular complexity index is 4610. The van der Waals surface area contributed by atoms with Crippen LogP contribution in [0.15, 0.2) is 255 Å². The highest BCUT2D eigenvalue weighted by Crippen LogP contribution is 2.52. The van der Waals surface area contributed by atoms with Crippen LogP contribution < -0.4 is 40.2 Å². The second-order valence-electron chi connectivity index (χ2n) is 27.8. The third kappa shape index (κ3) is 10.6. The molecule has 88 heavy (non-hydrogen) atoms. The summed E-state index contributed by atoms with van der Waals surface area (Å²) in [5.41, 5.74) is 14.4. The minimum absolute atomic E-state index is 0.110. The van der Waals surface area contributed by atoms with E-state index in [1.165, 1.54) is 37.4 Å². The van der Waals surface area contributed by atoms with Crippen molar-refractivity contribution in [2.75, 3.05) is 21.4 Å². The van der Waals surface area contributed by atoms with E-state index in [1.54, 1.807) is 0 Å². The van der Waals surface area contributed by atoms with Crippen molar-refractivity contribution in [2.24, 2.45) is 0 Å². The van der Waals surface area contributed by atoms with Crippen molar-refractivity contribution in [3.8, 4) is 44.9 Å². The fourth-order valence-corrected chi connectivity index (χ4v) is 18.0. The van der Waals surface area contributed by atoms with Gasteiger partial charge in [0.05, 0.1) is 29.6 Å². The summed E-state index contributed by atoms with van der Waals surface area (Å²) >= 11 is 0. The molecule has 0 fully saturated rings. The van der Waals surface area contributed by atoms with Gasteiger partial charge in [0.15, 0.2) is 8.07 Å². The fourth-order valence-electron chi connectivity index (χ4n) is 12.9. The Hall–Kier alpha value is -9.23. The Morgan fingerprint density at radius 3 is 1.53 bits per heavy atom. The van der Waals surface area contributed by atoms with Gasteiger partial charge in [-0.05, 0) is 142 Å². The van der Waals surface area contributed by atoms with Crippen molar-refractivity contribution in [1.82, 2.24) is 4.98 Å². The largest absolute Gasteiger partial charge is 0.457 e. The van der Waals surface area contributed by atoms with Gasteiger partial charge in [-0.1, -0.05) is 265 Å². The first-order valence-electron chi connectivity index (χ1n) is 33.3. The molecule has 3 heterocycles. The number of ether oxygens (including phenoxy) is 1. The predicted molar refractivity (Wildman–Crippen MR) is 376 cm³/mol. The van der Waals surface area contributed by atoms with Gasteiger partial charge >= 0.3 is 0 Å². The first-order valence-corrected chi connectivity index (χ1v) is 32.8. The zero-order chi connectivity index (χ0) is 65.7. The molecule has 1 aromatic heterocycles. The maximum absolute atomic E-state index is 9.50. The average Bonchev–Trinajstić information content (AvgIpc) is 1.11. The van der Waals surface area contributed by atoms with Crippen LogP contribution in [0.4, 0.5) is 39.9 Å². The highest BCUT2D eigenvalue weighted by molar-refractivity contribution is 7.21. The summed E-state index contributed by atoms with van der Waals surface area (Å²) in [7, 11) is -3.01. The van der Waals surface area contributed by atoms with Gasteiger partial charge < -0.3 is 14.5 Å². The van der Waals surface area contributed by atoms with Crippen LogP contribution in [0.2, 0.25) is 0 Å². The lowest BCUT2D eigenvalue weighted by Crippen LogP contribution is -2.77. The first-order chi connectivity index (χ1) is 44.2. The molecule has 2 aliphatic rings. The van der Waals surface area contributed by atoms with Gasteiger partial charge in [0.1, 0.15) is 24.0 Å². The van der Waals surface area contributed by atoms with Gasteiger partial charge in [0.25, 0.3) is 0 Å². The molecule has 0 bridgehead atoms. The molecule has 11 aromatic rings. The fraction of sp³-hybridized carbons (Fsp3) is 0.207. The molecule has 0 unspecified atom stereocenters. The highest BCUT2D eigenvalue weighted by Gasteiger charge is 2.49. The Labute approximate surface area is 530 Å². The summed E-state index contributed by atoms with van der Waals surface area (Å²) in [6.45, 7) is 27.4. The number of aromatic nitrogens is 1. The maximum Gasteiger partial charge on any atom is 0.184 e. The number of nitrogens with zero attached hydrogens (tertiary/aromatic N) is 4. The van der Waals surface area contributed by atoms with Gasteiger partial charge in [-0.2, -0.15) is 0 Å². The number of fused-ring (bicyclic) bond motifs is 3. The van der Waals surface area contributed by atoms with Crippen LogP contribution in [-0.2, 0) is 21.7 Å². The van der Waals surface area contributed by atoms with Crippen LogP contribution in [0.3, 0.4) is 0 Å². The number of benzene rings is 10. The molecule has 0 aliphatic carbocycles. The van der Waals surface area contributed by atoms with Gasteiger partial charge in [0.2, 0.25) is 0 Å². The molecule has 0 radical (unpaired) electrons. The minimum atomic E-state index is -3.01. The van der Waals surface area contributed by atoms with E-state index >= 15 is 0 Å². The Morgan fingerprint density at radius 1 is 0.398 bits per heavy atom. The van der Waals surface area contributed by atoms with Crippen LogP contribution in [-0.4, -0.2) is 19.7 Å². The number of pyridine rings is 1. The molecule has 0 N–H and O–H groups in total. The van der Waals surface area contributed by atoms with Gasteiger partial charge in [0, 0.05) is 40.8 Å². The van der Waals surface area contributed by atoms with Crippen molar-refractivity contribution < 1.29 is 11.6 Å². The van der Waals surface area contributed by atoms with Crippen molar-refractivity contribution in [3.05, 3.63) is 277 Å². The summed E-state index contributed by atoms with van der Waals surface area (Å²) in [6.07, 6.45) is 1.93. The molecule has 10 aromatic carbocycles. The van der Waals surface area contributed by atoms with Gasteiger partial charge in [-0.15, -0.1) is 0 Å². The van der Waals surface area contributed by atoms with Crippen LogP contribution >= 0.6 is 0 Å². The number of hydrogen-bond donors (Lipinski definition) is 0. The standard InChI is InChI=1S/C82H80N4OSi/c1-79(2,3)60-44-45-83-77(52-60)86-73-40-24-25-41-75(73)88(67-32-18-14-19-33-67,68-34-20-15-21-35-68)76-43-42-66(54-74(76)86)87-65-31-26-30-64(53-65)84-55-85(72-39-23-22-38-71(72)84)78-69(56-28-16-13-17-29-56)36-27-37-70(78)59-46-57(47-61(50-59)80(4,5)6)58-48-62(81(7,8)9)51-63(49-58)82(10,11)12/h13-54H,55H2,1-12H3/i13D,16D,17D,28D,29D. The first kappa shape index (κ1) is 51.9. The topological polar surface area (TPSA) is 31.8 Å². The lowest BCUT2D eigenvalue weighted by molar-refractivity contribution is 0.483. The Morgan fingerprint density at radius 2 is 0.909 bits per heavy atom. The van der Waals surface area contributed by atoms with Crippen molar-refractivity contribution in [2.45, 2.75) is 105 Å². The molecule has 0 saturated heterocycles. The SMILES string of the molecule is [2H]c1c([2H])c([2H])c(-c2cccc(-c3cc(-c4cc(C(C)(C)C)cc(C(C)(C)C)c4)cc(C(C)(C)C)c3)c2N2CN(c3cccc(Oc4ccc5c(c4)N(c4cc(C(C)(C)C)ccn4)c4ccccc4[Si]5(c4ccccc4)c4ccccc4)c3)c3ccccc32)c([2H])c1[2H]. The van der Waals surface area contributed by atoms with Crippen LogP contribution in [0.25, 0.3) is 33.4 Å². The van der Waals surface area contributed by atoms with E-state index < -0.39 is 14.1 Å². The van der Waals surface area contributed by atoms with Crippen molar-refractivity contribution in [1.29, 1.82) is 0 Å². The second kappa shape index (κ2) is 22.2. The molecule has 0 spiro atoms. The van der Waals surface area contributed by atoms with Crippen LogP contribution in [0, 0.1) is 0 Å². The summed E-state index contributed by atoms with van der Waals surface area (Å²) in [4.78, 5) is 12.0. The molecular weight excluding hydrogens is 1090 g/mol. The molecule has 5 nitrogen and oxygen atoms in total. The predicted octanol–water partition coefficient (Wildman–Crippen LogP) is 19.5. The zero-order valence-corrected chi connectivity index (χ0v) is 53.8. The third-order valence-electron chi connectivity index (χ3n) is 17.7. The smallest absolute Gasteiger partial charge is 0.184 e. The van der Waals surface area contributed by atoms with Gasteiger partial charge in [-0.3, -0.25) is 4.90 Å². The maximum atomic E-state index is 9.50. The van der Waals surface area contributed by atoms with Gasteiger partial charge in [-0.25, -0.2) is 4.98 Å². The molecule has 438 valence electrons. The van der Waals surface area contributed by atoms with E-state index in [-0.39, 0.29) is 51.4 Å². The lowest BCUT2D eigenvalue weighted by Gasteiger charge is -2.44. The Kier molecular flexibility index (Phi) is 13.1. The monoisotopic (exact) mass is 1170 g/mol. The quantitative estimate of drug-likeness (QED) is 0.127. The molecule has 13 rings (SSSR count). The van der Waals surface area contributed by atoms with E-state index in [9.17, 15) is 2.74 Å². The molecule has 0 amide bonds. The second-order valence-corrected chi connectivity index (χ2v) is 31.5. The molecule has 0 saturated carbocycles. The lowest BCUT2D eigenvalue weighted by atomic mass is 9.78. The summed E-state index contributed by atoms with van der Waals surface area (Å²) in [5.74, 6) is 2.14. The number of para-hydroxylation sites is 4. The van der Waals surface area contributed by atoms with E-state index in [4.69, 9.17) is 13.8 Å². The normalized spacial score (nSPS) is 14.7. The third-order valence-corrected chi connectivity index (χ3v) is 22.6. The summed E-state index contributed by atoms with van der Waals surface area (Å²) in [5, 5.41) is 5.07. The molecule has 2 aliphatic heterocycles. The van der Waals surface area contributed by atoms with E-state index in [0.29, 0.717) is 23.7 Å². The number of anilines is 7. The summed E-state index contributed by atoms with van der Waals surface area (Å²) < 4.78 is 52.8. The van der Waals surface area contributed by atoms with Crippen LogP contribution in [0.5, 0.6) is 11.5 Å². The molecule has 6 heteroatoms. The van der Waals surface area contributed by atoms with Crippen LogP contribution in [0.1, 0.15) is 112 Å². The molecular formula is C82H80N4OSi. The minimum Gasteiger partial charge on any atom is -0.457 e. The Balaban J connectivity index is 0.960. The van der Waals surface area contributed by atoms with Crippen molar-refractivity contribution in [3.63, 3.8) is 0 Å². The summed E-state index contributed by atoms with van der Waals surface area (Å²) in [6, 6.07) is 76.6. The average molecular weight is 1170 g/mol. The molecule has 0 atom stereocenters.